The number of amides is 2. The van der Waals surface area contributed by atoms with Gasteiger partial charge in [-0.2, -0.15) is 0 Å². The minimum absolute atomic E-state index is 0.121. The molecule has 0 fully saturated rings. The third kappa shape index (κ3) is 4.11. The first-order valence-corrected chi connectivity index (χ1v) is 10.00. The van der Waals surface area contributed by atoms with Gasteiger partial charge in [-0.05, 0) is 31.2 Å². The van der Waals surface area contributed by atoms with Gasteiger partial charge in [0.25, 0.3) is 5.91 Å². The lowest BCUT2D eigenvalue weighted by atomic mass is 10.0. The summed E-state index contributed by atoms with van der Waals surface area (Å²) in [6, 6.07) is 23.6. The molecule has 0 spiro atoms. The predicted molar refractivity (Wildman–Crippen MR) is 120 cm³/mol. The van der Waals surface area contributed by atoms with Crippen LogP contribution in [-0.4, -0.2) is 30.1 Å². The summed E-state index contributed by atoms with van der Waals surface area (Å²) >= 11 is 5.99. The fraction of sp³-hybridized carbons (Fsp3) is 0.125. The van der Waals surface area contributed by atoms with Crippen molar-refractivity contribution in [2.45, 2.75) is 13.0 Å². The van der Waals surface area contributed by atoms with E-state index < -0.39 is 6.04 Å². The molecule has 0 aromatic heterocycles. The first-order chi connectivity index (χ1) is 14.5. The van der Waals surface area contributed by atoms with Crippen LogP contribution in [0, 0.1) is 0 Å². The van der Waals surface area contributed by atoms with E-state index in [9.17, 15) is 9.59 Å². The molecular weight excluding hydrogens is 398 g/mol. The minimum atomic E-state index is -0.619. The van der Waals surface area contributed by atoms with Crippen LogP contribution >= 0.6 is 11.6 Å². The Morgan fingerprint density at radius 2 is 1.77 bits per heavy atom. The molecule has 3 aromatic carbocycles. The van der Waals surface area contributed by atoms with Gasteiger partial charge in [0.1, 0.15) is 12.6 Å². The van der Waals surface area contributed by atoms with Crippen LogP contribution in [0.15, 0.2) is 83.9 Å². The molecule has 1 heterocycles. The lowest BCUT2D eigenvalue weighted by molar-refractivity contribution is -0.122. The fourth-order valence-corrected chi connectivity index (χ4v) is 3.66. The molecule has 6 heteroatoms. The number of benzene rings is 3. The fourth-order valence-electron chi connectivity index (χ4n) is 3.47. The smallest absolute Gasteiger partial charge is 0.252 e. The molecule has 3 aromatic rings. The molecule has 1 aliphatic rings. The SMILES string of the molecule is CC1N=C(c2ccccc2)c2ccccc2N(CC(=O)Nc2cccc(Cl)c2)C1=O. The highest BCUT2D eigenvalue weighted by atomic mass is 35.5. The molecule has 1 atom stereocenters. The highest BCUT2D eigenvalue weighted by Crippen LogP contribution is 2.28. The standard InChI is InChI=1S/C24H20ClN3O2/c1-16-24(30)28(15-22(29)27-19-11-7-10-18(25)14-19)21-13-6-5-12-20(21)23(26-16)17-8-3-2-4-9-17/h2-14,16H,15H2,1H3,(H,27,29). The first-order valence-electron chi connectivity index (χ1n) is 9.62. The average Bonchev–Trinajstić information content (AvgIpc) is 2.85. The van der Waals surface area contributed by atoms with Crippen LogP contribution in [0.3, 0.4) is 0 Å². The van der Waals surface area contributed by atoms with Gasteiger partial charge in [0, 0.05) is 21.8 Å². The Kier molecular flexibility index (Phi) is 5.63. The molecule has 0 radical (unpaired) electrons. The number of benzodiazepines with no additional fused rings is 1. The Hall–Kier alpha value is -3.44. The molecule has 5 nitrogen and oxygen atoms in total. The van der Waals surface area contributed by atoms with Crippen molar-refractivity contribution in [2.75, 3.05) is 16.8 Å². The maximum Gasteiger partial charge on any atom is 0.252 e. The van der Waals surface area contributed by atoms with E-state index in [4.69, 9.17) is 16.6 Å². The Labute approximate surface area is 180 Å². The third-order valence-corrected chi connectivity index (χ3v) is 5.09. The maximum atomic E-state index is 13.1. The first kappa shape index (κ1) is 19.9. The molecule has 2 amide bonds. The normalized spacial score (nSPS) is 15.8. The van der Waals surface area contributed by atoms with Gasteiger partial charge in [0.05, 0.1) is 11.4 Å². The van der Waals surface area contributed by atoms with Gasteiger partial charge < -0.3 is 10.2 Å². The number of para-hydroxylation sites is 1. The molecule has 30 heavy (non-hydrogen) atoms. The molecule has 0 aliphatic carbocycles. The number of nitrogens with zero attached hydrogens (tertiary/aromatic N) is 2. The lowest BCUT2D eigenvalue weighted by Gasteiger charge is -2.24. The topological polar surface area (TPSA) is 61.8 Å². The number of hydrogen-bond donors (Lipinski definition) is 1. The minimum Gasteiger partial charge on any atom is -0.324 e. The lowest BCUT2D eigenvalue weighted by Crippen LogP contribution is -2.42. The van der Waals surface area contributed by atoms with E-state index in [1.165, 1.54) is 4.90 Å². The zero-order valence-corrected chi connectivity index (χ0v) is 17.1. The summed E-state index contributed by atoms with van der Waals surface area (Å²) in [5.74, 6) is -0.537. The number of anilines is 2. The largest absolute Gasteiger partial charge is 0.324 e. The summed E-state index contributed by atoms with van der Waals surface area (Å²) in [6.45, 7) is 1.63. The van der Waals surface area contributed by atoms with Crippen molar-refractivity contribution in [3.05, 3.63) is 95.0 Å². The monoisotopic (exact) mass is 417 g/mol. The van der Waals surface area contributed by atoms with E-state index in [1.54, 1.807) is 31.2 Å². The second-order valence-corrected chi connectivity index (χ2v) is 7.46. The molecule has 1 unspecified atom stereocenters. The van der Waals surface area contributed by atoms with Crippen molar-refractivity contribution < 1.29 is 9.59 Å². The quantitative estimate of drug-likeness (QED) is 0.676. The van der Waals surface area contributed by atoms with Crippen molar-refractivity contribution in [3.8, 4) is 0 Å². The summed E-state index contributed by atoms with van der Waals surface area (Å²) in [5.41, 5.74) is 3.73. The van der Waals surface area contributed by atoms with Gasteiger partial charge in [-0.1, -0.05) is 66.2 Å². The molecule has 150 valence electrons. The second-order valence-electron chi connectivity index (χ2n) is 7.02. The maximum absolute atomic E-state index is 13.1. The van der Waals surface area contributed by atoms with Crippen LogP contribution in [0.1, 0.15) is 18.1 Å². The Morgan fingerprint density at radius 1 is 1.03 bits per heavy atom. The van der Waals surface area contributed by atoms with Gasteiger partial charge in [-0.3, -0.25) is 14.6 Å². The van der Waals surface area contributed by atoms with Gasteiger partial charge in [0.15, 0.2) is 0 Å². The summed E-state index contributed by atoms with van der Waals surface area (Å²) in [6.07, 6.45) is 0. The molecule has 0 saturated carbocycles. The number of aliphatic imine (C=N–C) groups is 1. The van der Waals surface area contributed by atoms with Crippen LogP contribution in [0.25, 0.3) is 0 Å². The number of carbonyl (C=O) groups excluding carboxylic acids is 2. The van der Waals surface area contributed by atoms with Gasteiger partial charge in [-0.15, -0.1) is 0 Å². The molecular formula is C24H20ClN3O2. The van der Waals surface area contributed by atoms with Crippen molar-refractivity contribution in [2.24, 2.45) is 4.99 Å². The van der Waals surface area contributed by atoms with E-state index in [-0.39, 0.29) is 18.4 Å². The van der Waals surface area contributed by atoms with Crippen LogP contribution in [-0.2, 0) is 9.59 Å². The number of fused-ring (bicyclic) bond motifs is 1. The van der Waals surface area contributed by atoms with Crippen LogP contribution in [0.4, 0.5) is 11.4 Å². The average molecular weight is 418 g/mol. The Morgan fingerprint density at radius 3 is 2.53 bits per heavy atom. The Bertz CT molecular complexity index is 1130. The van der Waals surface area contributed by atoms with E-state index in [0.29, 0.717) is 16.4 Å². The van der Waals surface area contributed by atoms with Crippen molar-refractivity contribution in [1.29, 1.82) is 0 Å². The van der Waals surface area contributed by atoms with E-state index in [0.717, 1.165) is 16.8 Å². The second kappa shape index (κ2) is 8.51. The highest BCUT2D eigenvalue weighted by molar-refractivity contribution is 6.31. The third-order valence-electron chi connectivity index (χ3n) is 4.85. The number of nitrogens with one attached hydrogen (secondary N) is 1. The van der Waals surface area contributed by atoms with Crippen LogP contribution in [0.5, 0.6) is 0 Å². The number of rotatable bonds is 4. The van der Waals surface area contributed by atoms with E-state index in [1.807, 2.05) is 54.6 Å². The Balaban J connectivity index is 1.68. The van der Waals surface area contributed by atoms with Crippen molar-refractivity contribution >= 4 is 40.5 Å². The predicted octanol–water partition coefficient (Wildman–Crippen LogP) is 4.55. The van der Waals surface area contributed by atoms with Gasteiger partial charge in [0.2, 0.25) is 5.91 Å². The molecule has 0 bridgehead atoms. The van der Waals surface area contributed by atoms with Crippen molar-refractivity contribution in [3.63, 3.8) is 0 Å². The van der Waals surface area contributed by atoms with E-state index in [2.05, 4.69) is 5.32 Å². The molecule has 1 aliphatic heterocycles. The van der Waals surface area contributed by atoms with Gasteiger partial charge >= 0.3 is 0 Å². The molecule has 4 rings (SSSR count). The van der Waals surface area contributed by atoms with Crippen LogP contribution < -0.4 is 10.2 Å². The highest BCUT2D eigenvalue weighted by Gasteiger charge is 2.30. The number of halogens is 1. The zero-order valence-electron chi connectivity index (χ0n) is 16.4. The summed E-state index contributed by atoms with van der Waals surface area (Å²) < 4.78 is 0. The number of hydrogen-bond acceptors (Lipinski definition) is 3. The summed E-state index contributed by atoms with van der Waals surface area (Å²) in [4.78, 5) is 32.1. The van der Waals surface area contributed by atoms with Crippen LogP contribution in [0.2, 0.25) is 5.02 Å². The molecule has 1 N–H and O–H groups in total. The van der Waals surface area contributed by atoms with Gasteiger partial charge in [-0.25, -0.2) is 0 Å². The molecule has 0 saturated heterocycles. The number of carbonyl (C=O) groups is 2. The summed E-state index contributed by atoms with van der Waals surface area (Å²) in [7, 11) is 0. The zero-order chi connectivity index (χ0) is 21.1. The summed E-state index contributed by atoms with van der Waals surface area (Å²) in [5, 5.41) is 3.33. The van der Waals surface area contributed by atoms with E-state index >= 15 is 0 Å². The van der Waals surface area contributed by atoms with Crippen molar-refractivity contribution in [1.82, 2.24) is 0 Å².